The molecular formula is C14H9F3N2O. The van der Waals surface area contributed by atoms with Crippen LogP contribution in [0, 0.1) is 0 Å². The van der Waals surface area contributed by atoms with Crippen LogP contribution in [0.1, 0.15) is 5.56 Å². The number of Topliss-reactive ketones (excluding diaryl/α,β-unsaturated/α-hetero) is 1. The van der Waals surface area contributed by atoms with Crippen LogP contribution in [0.25, 0.3) is 10.8 Å². The highest BCUT2D eigenvalue weighted by Gasteiger charge is 2.64. The zero-order valence-corrected chi connectivity index (χ0v) is 10.2. The fourth-order valence-electron chi connectivity index (χ4n) is 2.39. The molecule has 3 nitrogen and oxygen atoms in total. The van der Waals surface area contributed by atoms with Gasteiger partial charge >= 0.3 is 6.18 Å². The van der Waals surface area contributed by atoms with E-state index in [9.17, 15) is 18.0 Å². The van der Waals surface area contributed by atoms with E-state index in [0.29, 0.717) is 5.39 Å². The Morgan fingerprint density at radius 1 is 1.05 bits per heavy atom. The number of carbonyl (C=O) groups is 1. The number of carbonyl (C=O) groups excluding carboxylic acids is 1. The van der Waals surface area contributed by atoms with Crippen LogP contribution < -0.4 is 0 Å². The molecule has 0 saturated heterocycles. The molecule has 3 rings (SSSR count). The van der Waals surface area contributed by atoms with Crippen molar-refractivity contribution in [3.8, 4) is 0 Å². The highest BCUT2D eigenvalue weighted by Crippen LogP contribution is 2.46. The SMILES string of the molecule is O=C1CN=NC1(c1ccc2ccccc2c1)C(F)(F)F. The minimum absolute atomic E-state index is 0.185. The van der Waals surface area contributed by atoms with Gasteiger partial charge in [0.2, 0.25) is 0 Å². The highest BCUT2D eigenvalue weighted by atomic mass is 19.4. The number of alkyl halides is 3. The van der Waals surface area contributed by atoms with Gasteiger partial charge in [0, 0.05) is 0 Å². The molecule has 0 fully saturated rings. The van der Waals surface area contributed by atoms with E-state index >= 15 is 0 Å². The van der Waals surface area contributed by atoms with E-state index in [-0.39, 0.29) is 5.56 Å². The van der Waals surface area contributed by atoms with Crippen LogP contribution in [0.3, 0.4) is 0 Å². The monoisotopic (exact) mass is 278 g/mol. The Labute approximate surface area is 112 Å². The number of fused-ring (bicyclic) bond motifs is 1. The third-order valence-corrected chi connectivity index (χ3v) is 3.42. The Morgan fingerprint density at radius 2 is 1.75 bits per heavy atom. The van der Waals surface area contributed by atoms with Crippen molar-refractivity contribution in [3.63, 3.8) is 0 Å². The van der Waals surface area contributed by atoms with Gasteiger partial charge in [-0.15, -0.1) is 0 Å². The second kappa shape index (κ2) is 4.13. The maximum atomic E-state index is 13.4. The van der Waals surface area contributed by atoms with Crippen LogP contribution >= 0.6 is 0 Å². The first-order valence-corrected chi connectivity index (χ1v) is 5.93. The zero-order chi connectivity index (χ0) is 14.4. The van der Waals surface area contributed by atoms with E-state index < -0.39 is 24.0 Å². The van der Waals surface area contributed by atoms with Crippen LogP contribution in [0.4, 0.5) is 13.2 Å². The average molecular weight is 278 g/mol. The summed E-state index contributed by atoms with van der Waals surface area (Å²) in [4.78, 5) is 11.8. The number of rotatable bonds is 1. The Balaban J connectivity index is 2.25. The molecule has 20 heavy (non-hydrogen) atoms. The summed E-state index contributed by atoms with van der Waals surface area (Å²) in [5, 5.41) is 7.97. The molecule has 2 aromatic rings. The van der Waals surface area contributed by atoms with Crippen molar-refractivity contribution in [2.24, 2.45) is 10.2 Å². The van der Waals surface area contributed by atoms with Crippen LogP contribution in [-0.4, -0.2) is 18.5 Å². The maximum absolute atomic E-state index is 13.4. The quantitative estimate of drug-likeness (QED) is 0.785. The van der Waals surface area contributed by atoms with Crippen molar-refractivity contribution < 1.29 is 18.0 Å². The lowest BCUT2D eigenvalue weighted by Crippen LogP contribution is -2.46. The van der Waals surface area contributed by atoms with E-state index in [1.54, 1.807) is 30.3 Å². The van der Waals surface area contributed by atoms with Gasteiger partial charge < -0.3 is 0 Å². The molecule has 0 N–H and O–H groups in total. The number of hydrogen-bond donors (Lipinski definition) is 0. The molecule has 0 spiro atoms. The van der Waals surface area contributed by atoms with Crippen molar-refractivity contribution in [1.29, 1.82) is 0 Å². The van der Waals surface area contributed by atoms with Crippen molar-refractivity contribution >= 4 is 16.6 Å². The van der Waals surface area contributed by atoms with Gasteiger partial charge in [-0.1, -0.05) is 36.4 Å². The molecule has 1 heterocycles. The number of hydrogen-bond acceptors (Lipinski definition) is 3. The first-order valence-electron chi connectivity index (χ1n) is 5.93. The molecule has 1 atom stereocenters. The molecule has 0 bridgehead atoms. The Kier molecular flexibility index (Phi) is 2.64. The smallest absolute Gasteiger partial charge is 0.294 e. The summed E-state index contributed by atoms with van der Waals surface area (Å²) in [5.74, 6) is -1.04. The fourth-order valence-corrected chi connectivity index (χ4v) is 2.39. The summed E-state index contributed by atoms with van der Waals surface area (Å²) in [7, 11) is 0. The van der Waals surface area contributed by atoms with Gasteiger partial charge in [0.05, 0.1) is 0 Å². The number of halogens is 3. The molecule has 1 aliphatic rings. The van der Waals surface area contributed by atoms with E-state index in [2.05, 4.69) is 10.2 Å². The van der Waals surface area contributed by atoms with Crippen molar-refractivity contribution in [2.45, 2.75) is 11.7 Å². The van der Waals surface area contributed by atoms with Crippen molar-refractivity contribution in [2.75, 3.05) is 6.54 Å². The van der Waals surface area contributed by atoms with Gasteiger partial charge in [0.15, 0.2) is 5.78 Å². The predicted octanol–water partition coefficient (Wildman–Crippen LogP) is 3.63. The summed E-state index contributed by atoms with van der Waals surface area (Å²) in [6.07, 6.45) is -4.80. The molecule has 0 aromatic heterocycles. The lowest BCUT2D eigenvalue weighted by atomic mass is 9.85. The number of ketones is 1. The molecule has 0 radical (unpaired) electrons. The zero-order valence-electron chi connectivity index (χ0n) is 10.2. The molecule has 102 valence electrons. The second-order valence-corrected chi connectivity index (χ2v) is 4.59. The van der Waals surface area contributed by atoms with Gasteiger partial charge in [-0.3, -0.25) is 4.79 Å². The molecule has 2 aromatic carbocycles. The second-order valence-electron chi connectivity index (χ2n) is 4.59. The summed E-state index contributed by atoms with van der Waals surface area (Å²) in [5.41, 5.74) is -3.04. The number of azo groups is 1. The summed E-state index contributed by atoms with van der Waals surface area (Å²) >= 11 is 0. The number of nitrogens with zero attached hydrogens (tertiary/aromatic N) is 2. The average Bonchev–Trinajstić information content (AvgIpc) is 2.80. The van der Waals surface area contributed by atoms with E-state index in [1.807, 2.05) is 0 Å². The largest absolute Gasteiger partial charge is 0.426 e. The van der Waals surface area contributed by atoms with Gasteiger partial charge in [-0.05, 0) is 22.4 Å². The lowest BCUT2D eigenvalue weighted by molar-refractivity contribution is -0.189. The Morgan fingerprint density at radius 3 is 2.35 bits per heavy atom. The summed E-state index contributed by atoms with van der Waals surface area (Å²) in [6, 6.07) is 11.2. The molecule has 6 heteroatoms. The fraction of sp³-hybridized carbons (Fsp3) is 0.214. The van der Waals surface area contributed by atoms with Crippen LogP contribution in [-0.2, 0) is 10.3 Å². The third-order valence-electron chi connectivity index (χ3n) is 3.42. The maximum Gasteiger partial charge on any atom is 0.426 e. The normalized spacial score (nSPS) is 22.6. The molecule has 1 unspecified atom stereocenters. The van der Waals surface area contributed by atoms with Crippen LogP contribution in [0.15, 0.2) is 52.7 Å². The van der Waals surface area contributed by atoms with Crippen LogP contribution in [0.2, 0.25) is 0 Å². The molecule has 1 aliphatic heterocycles. The van der Waals surface area contributed by atoms with Crippen molar-refractivity contribution in [1.82, 2.24) is 0 Å². The Hall–Kier alpha value is -2.24. The Bertz CT molecular complexity index is 724. The van der Waals surface area contributed by atoms with E-state index in [0.717, 1.165) is 5.39 Å². The molecular weight excluding hydrogens is 269 g/mol. The predicted molar refractivity (Wildman–Crippen MR) is 66.4 cm³/mol. The van der Waals surface area contributed by atoms with Crippen molar-refractivity contribution in [3.05, 3.63) is 48.0 Å². The van der Waals surface area contributed by atoms with Gasteiger partial charge in [-0.2, -0.15) is 23.4 Å². The topological polar surface area (TPSA) is 41.8 Å². The first kappa shape index (κ1) is 12.8. The van der Waals surface area contributed by atoms with E-state index in [1.165, 1.54) is 12.1 Å². The molecule has 0 saturated carbocycles. The highest BCUT2D eigenvalue weighted by molar-refractivity contribution is 5.95. The van der Waals surface area contributed by atoms with Gasteiger partial charge in [0.25, 0.3) is 5.54 Å². The minimum Gasteiger partial charge on any atom is -0.294 e. The first-order chi connectivity index (χ1) is 9.45. The van der Waals surface area contributed by atoms with Gasteiger partial charge in [0.1, 0.15) is 6.54 Å². The summed E-state index contributed by atoms with van der Waals surface area (Å²) in [6.45, 7) is -0.535. The minimum atomic E-state index is -4.80. The standard InChI is InChI=1S/C14H9F3N2O/c15-14(16,17)13(12(20)8-18-19-13)11-6-5-9-3-1-2-4-10(9)7-11/h1-7H,8H2. The van der Waals surface area contributed by atoms with Gasteiger partial charge in [-0.25, -0.2) is 0 Å². The summed E-state index contributed by atoms with van der Waals surface area (Å²) < 4.78 is 40.1. The van der Waals surface area contributed by atoms with E-state index in [4.69, 9.17) is 0 Å². The number of benzene rings is 2. The molecule has 0 amide bonds. The lowest BCUT2D eigenvalue weighted by Gasteiger charge is -2.26. The molecule has 0 aliphatic carbocycles. The third kappa shape index (κ3) is 1.64. The van der Waals surface area contributed by atoms with Crippen LogP contribution in [0.5, 0.6) is 0 Å².